The number of rotatable bonds is 6. The summed E-state index contributed by atoms with van der Waals surface area (Å²) >= 11 is 0. The number of carbonyl (C=O) groups is 1. The minimum Gasteiger partial charge on any atom is -0.490 e. The van der Waals surface area contributed by atoms with Crippen molar-refractivity contribution >= 4 is 5.97 Å². The number of hydrogen-bond donors (Lipinski definition) is 0. The molecule has 1 aromatic heterocycles. The van der Waals surface area contributed by atoms with Crippen LogP contribution in [0.4, 0.5) is 0 Å². The number of aryl methyl sites for hydroxylation is 1. The molecule has 3 rings (SSSR count). The monoisotopic (exact) mass is 324 g/mol. The van der Waals surface area contributed by atoms with E-state index in [1.807, 2.05) is 31.2 Å². The Kier molecular flexibility index (Phi) is 4.81. The van der Waals surface area contributed by atoms with E-state index in [-0.39, 0.29) is 6.61 Å². The largest absolute Gasteiger partial charge is 0.490 e. The maximum Gasteiger partial charge on any atom is 0.338 e. The van der Waals surface area contributed by atoms with E-state index in [1.165, 1.54) is 11.0 Å². The van der Waals surface area contributed by atoms with Gasteiger partial charge in [-0.1, -0.05) is 18.2 Å². The quantitative estimate of drug-likeness (QED) is 0.511. The van der Waals surface area contributed by atoms with E-state index in [4.69, 9.17) is 9.47 Å². The fourth-order valence-corrected chi connectivity index (χ4v) is 2.12. The zero-order valence-electron chi connectivity index (χ0n) is 13.1. The molecule has 0 saturated heterocycles. The van der Waals surface area contributed by atoms with Crippen molar-refractivity contribution in [3.63, 3.8) is 0 Å². The van der Waals surface area contributed by atoms with E-state index in [2.05, 4.69) is 15.5 Å². The molecule has 122 valence electrons. The van der Waals surface area contributed by atoms with Crippen LogP contribution in [-0.2, 0) is 4.74 Å². The van der Waals surface area contributed by atoms with Crippen molar-refractivity contribution in [2.24, 2.45) is 0 Å². The van der Waals surface area contributed by atoms with E-state index >= 15 is 0 Å². The number of carbonyl (C=O) groups excluding carboxylic acids is 1. The Hall–Kier alpha value is -3.22. The van der Waals surface area contributed by atoms with Gasteiger partial charge < -0.3 is 9.47 Å². The van der Waals surface area contributed by atoms with Gasteiger partial charge in [-0.25, -0.2) is 9.48 Å². The molecule has 0 amide bonds. The van der Waals surface area contributed by atoms with E-state index in [0.717, 1.165) is 17.0 Å². The van der Waals surface area contributed by atoms with Gasteiger partial charge >= 0.3 is 5.97 Å². The third kappa shape index (κ3) is 3.75. The Morgan fingerprint density at radius 1 is 1.08 bits per heavy atom. The summed E-state index contributed by atoms with van der Waals surface area (Å²) in [4.78, 5) is 12.0. The van der Waals surface area contributed by atoms with Crippen LogP contribution >= 0.6 is 0 Å². The van der Waals surface area contributed by atoms with Crippen molar-refractivity contribution in [2.45, 2.75) is 6.92 Å². The van der Waals surface area contributed by atoms with Crippen molar-refractivity contribution < 1.29 is 14.3 Å². The second-order valence-corrected chi connectivity index (χ2v) is 5.05. The van der Waals surface area contributed by atoms with Crippen LogP contribution in [0.15, 0.2) is 54.9 Å². The van der Waals surface area contributed by atoms with Crippen LogP contribution in [0.25, 0.3) is 5.69 Å². The SMILES string of the molecule is Cc1ccccc1OCCOC(=O)c1ccc(-n2cnnn2)cc1. The summed E-state index contributed by atoms with van der Waals surface area (Å²) in [5.41, 5.74) is 2.27. The Bertz CT molecular complexity index is 801. The molecule has 0 N–H and O–H groups in total. The summed E-state index contributed by atoms with van der Waals surface area (Å²) in [7, 11) is 0. The Balaban J connectivity index is 1.49. The second-order valence-electron chi connectivity index (χ2n) is 5.05. The van der Waals surface area contributed by atoms with Gasteiger partial charge in [-0.3, -0.25) is 0 Å². The highest BCUT2D eigenvalue weighted by Crippen LogP contribution is 2.16. The van der Waals surface area contributed by atoms with Gasteiger partial charge in [0.25, 0.3) is 0 Å². The number of tetrazole rings is 1. The van der Waals surface area contributed by atoms with Crippen LogP contribution in [0.3, 0.4) is 0 Å². The van der Waals surface area contributed by atoms with E-state index < -0.39 is 5.97 Å². The van der Waals surface area contributed by atoms with Crippen molar-refractivity contribution in [1.29, 1.82) is 0 Å². The van der Waals surface area contributed by atoms with Crippen molar-refractivity contribution in [2.75, 3.05) is 13.2 Å². The van der Waals surface area contributed by atoms with Crippen LogP contribution in [0, 0.1) is 6.92 Å². The first-order valence-corrected chi connectivity index (χ1v) is 7.43. The fourth-order valence-electron chi connectivity index (χ4n) is 2.12. The lowest BCUT2D eigenvalue weighted by Gasteiger charge is -2.09. The van der Waals surface area contributed by atoms with E-state index in [0.29, 0.717) is 12.2 Å². The van der Waals surface area contributed by atoms with Gasteiger partial charge in [-0.15, -0.1) is 5.10 Å². The summed E-state index contributed by atoms with van der Waals surface area (Å²) in [5.74, 6) is 0.394. The summed E-state index contributed by atoms with van der Waals surface area (Å²) in [6, 6.07) is 14.5. The third-order valence-electron chi connectivity index (χ3n) is 3.38. The van der Waals surface area contributed by atoms with Crippen molar-refractivity contribution in [3.8, 4) is 11.4 Å². The maximum atomic E-state index is 12.0. The lowest BCUT2D eigenvalue weighted by Crippen LogP contribution is -2.12. The van der Waals surface area contributed by atoms with Gasteiger partial charge in [0.1, 0.15) is 25.3 Å². The zero-order chi connectivity index (χ0) is 16.8. The highest BCUT2D eigenvalue weighted by atomic mass is 16.6. The zero-order valence-corrected chi connectivity index (χ0v) is 13.1. The molecular formula is C17H16N4O3. The number of hydrogen-bond acceptors (Lipinski definition) is 6. The number of esters is 1. The van der Waals surface area contributed by atoms with Crippen LogP contribution in [0.1, 0.15) is 15.9 Å². The summed E-state index contributed by atoms with van der Waals surface area (Å²) < 4.78 is 12.3. The highest BCUT2D eigenvalue weighted by Gasteiger charge is 2.08. The lowest BCUT2D eigenvalue weighted by atomic mass is 10.2. The minimum atomic E-state index is -0.397. The molecule has 24 heavy (non-hydrogen) atoms. The van der Waals surface area contributed by atoms with Gasteiger partial charge in [-0.05, 0) is 53.2 Å². The second kappa shape index (κ2) is 7.36. The molecule has 0 saturated carbocycles. The summed E-state index contributed by atoms with van der Waals surface area (Å²) in [6.07, 6.45) is 1.48. The van der Waals surface area contributed by atoms with E-state index in [9.17, 15) is 4.79 Å². The number of ether oxygens (including phenoxy) is 2. The number of aromatic nitrogens is 4. The molecule has 1 heterocycles. The van der Waals surface area contributed by atoms with Crippen molar-refractivity contribution in [1.82, 2.24) is 20.2 Å². The minimum absolute atomic E-state index is 0.182. The van der Waals surface area contributed by atoms with Crippen LogP contribution in [0.5, 0.6) is 5.75 Å². The first kappa shape index (κ1) is 15.7. The van der Waals surface area contributed by atoms with Gasteiger partial charge in [0.15, 0.2) is 0 Å². The number of benzene rings is 2. The third-order valence-corrected chi connectivity index (χ3v) is 3.38. The van der Waals surface area contributed by atoms with Crippen molar-refractivity contribution in [3.05, 3.63) is 66.0 Å². The van der Waals surface area contributed by atoms with Gasteiger partial charge in [0.2, 0.25) is 0 Å². The summed E-state index contributed by atoms with van der Waals surface area (Å²) in [5, 5.41) is 10.9. The molecule has 0 bridgehead atoms. The molecule has 7 heteroatoms. The van der Waals surface area contributed by atoms with Crippen LogP contribution < -0.4 is 4.74 Å². The molecule has 0 atom stereocenters. The average Bonchev–Trinajstić information content (AvgIpc) is 3.15. The molecule has 3 aromatic rings. The molecule has 7 nitrogen and oxygen atoms in total. The fraction of sp³-hybridized carbons (Fsp3) is 0.176. The standard InChI is InChI=1S/C17H16N4O3/c1-13-4-2-3-5-16(13)23-10-11-24-17(22)14-6-8-15(9-7-14)21-12-18-19-20-21/h2-9,12H,10-11H2,1H3. The van der Waals surface area contributed by atoms with Crippen LogP contribution in [0.2, 0.25) is 0 Å². The predicted octanol–water partition coefficient (Wildman–Crippen LogP) is 2.21. The smallest absolute Gasteiger partial charge is 0.338 e. The molecule has 0 aliphatic heterocycles. The highest BCUT2D eigenvalue weighted by molar-refractivity contribution is 5.89. The van der Waals surface area contributed by atoms with Gasteiger partial charge in [-0.2, -0.15) is 0 Å². The molecule has 0 aliphatic carbocycles. The normalized spacial score (nSPS) is 10.4. The Morgan fingerprint density at radius 2 is 1.88 bits per heavy atom. The molecule has 0 radical (unpaired) electrons. The average molecular weight is 324 g/mol. The summed E-state index contributed by atoms with van der Waals surface area (Å²) in [6.45, 7) is 2.45. The first-order chi connectivity index (χ1) is 11.7. The molecule has 2 aromatic carbocycles. The molecular weight excluding hydrogens is 308 g/mol. The molecule has 0 spiro atoms. The van der Waals surface area contributed by atoms with Gasteiger partial charge in [0.05, 0.1) is 11.3 Å². The lowest BCUT2D eigenvalue weighted by molar-refractivity contribution is 0.0450. The topological polar surface area (TPSA) is 79.1 Å². The maximum absolute atomic E-state index is 12.0. The number of para-hydroxylation sites is 1. The number of nitrogens with zero attached hydrogens (tertiary/aromatic N) is 4. The molecule has 0 fully saturated rings. The molecule has 0 aliphatic rings. The van der Waals surface area contributed by atoms with Crippen LogP contribution in [-0.4, -0.2) is 39.4 Å². The molecule has 0 unspecified atom stereocenters. The predicted molar refractivity (Wildman–Crippen MR) is 86.1 cm³/mol. The van der Waals surface area contributed by atoms with E-state index in [1.54, 1.807) is 24.3 Å². The Morgan fingerprint density at radius 3 is 2.58 bits per heavy atom. The Labute approximate surface area is 138 Å². The first-order valence-electron chi connectivity index (χ1n) is 7.43. The van der Waals surface area contributed by atoms with Gasteiger partial charge in [0, 0.05) is 0 Å².